The maximum Gasteiger partial charge on any atom is 0.411 e. The Morgan fingerprint density at radius 1 is 1.21 bits per heavy atom. The van der Waals surface area contributed by atoms with E-state index >= 15 is 0 Å². The Morgan fingerprint density at radius 2 is 1.96 bits per heavy atom. The number of carbonyl (C=O) groups is 1. The number of hydrogen-bond donors (Lipinski definition) is 0. The Hall–Kier alpha value is -1.91. The van der Waals surface area contributed by atoms with E-state index in [2.05, 4.69) is 0 Å². The van der Waals surface area contributed by atoms with Gasteiger partial charge in [0.15, 0.2) is 11.6 Å². The minimum Gasteiger partial charge on any atom is -0.444 e. The number of carbonyl (C=O) groups excluding carboxylic acids is 1. The molecule has 1 aromatic carbocycles. The van der Waals surface area contributed by atoms with Gasteiger partial charge in [0.2, 0.25) is 0 Å². The van der Waals surface area contributed by atoms with Crippen molar-refractivity contribution in [1.29, 1.82) is 0 Å². The Balaban J connectivity index is 1.87. The van der Waals surface area contributed by atoms with Gasteiger partial charge in [-0.15, -0.1) is 0 Å². The summed E-state index contributed by atoms with van der Waals surface area (Å²) in [6.07, 6.45) is 5.17. The van der Waals surface area contributed by atoms with Crippen molar-refractivity contribution in [3.8, 4) is 0 Å². The molecule has 2 unspecified atom stereocenters. The van der Waals surface area contributed by atoms with Crippen LogP contribution >= 0.6 is 0 Å². The lowest BCUT2D eigenvalue weighted by molar-refractivity contribution is 0.0000827. The highest BCUT2D eigenvalue weighted by molar-refractivity contribution is 5.74. The molecule has 2 aliphatic rings. The molecule has 1 amide bonds. The SMILES string of the molecule is CC(C)(C)OC(=O)N1C2C=C(c3ccc(F)c(F)c3)CC1CCC2. The van der Waals surface area contributed by atoms with Crippen LogP contribution in [0.15, 0.2) is 24.3 Å². The van der Waals surface area contributed by atoms with E-state index < -0.39 is 17.2 Å². The van der Waals surface area contributed by atoms with Crippen LogP contribution in [0.1, 0.15) is 52.0 Å². The summed E-state index contributed by atoms with van der Waals surface area (Å²) in [4.78, 5) is 14.4. The van der Waals surface area contributed by atoms with Crippen LogP contribution in [0.4, 0.5) is 13.6 Å². The summed E-state index contributed by atoms with van der Waals surface area (Å²) in [6, 6.07) is 3.99. The number of hydrogen-bond acceptors (Lipinski definition) is 2. The number of halogens is 2. The molecular weight excluding hydrogens is 312 g/mol. The first-order valence-electron chi connectivity index (χ1n) is 8.42. The van der Waals surface area contributed by atoms with Crippen molar-refractivity contribution < 1.29 is 18.3 Å². The van der Waals surface area contributed by atoms with Gasteiger partial charge in [0.1, 0.15) is 5.60 Å². The summed E-state index contributed by atoms with van der Waals surface area (Å²) in [7, 11) is 0. The third kappa shape index (κ3) is 3.45. The van der Waals surface area contributed by atoms with E-state index in [1.54, 1.807) is 6.07 Å². The van der Waals surface area contributed by atoms with Gasteiger partial charge in [0.25, 0.3) is 0 Å². The lowest BCUT2D eigenvalue weighted by Crippen LogP contribution is -2.53. The molecule has 0 saturated carbocycles. The molecule has 3 nitrogen and oxygen atoms in total. The quantitative estimate of drug-likeness (QED) is 0.730. The van der Waals surface area contributed by atoms with Gasteiger partial charge in [-0.05, 0) is 69.7 Å². The van der Waals surface area contributed by atoms with Gasteiger partial charge < -0.3 is 4.74 Å². The smallest absolute Gasteiger partial charge is 0.411 e. The molecule has 5 heteroatoms. The molecule has 3 rings (SSSR count). The first kappa shape index (κ1) is 16.9. The number of rotatable bonds is 1. The van der Waals surface area contributed by atoms with Crippen molar-refractivity contribution in [3.63, 3.8) is 0 Å². The Morgan fingerprint density at radius 3 is 2.58 bits per heavy atom. The fourth-order valence-electron chi connectivity index (χ4n) is 3.54. The second-order valence-electron chi connectivity index (χ2n) is 7.56. The second kappa shape index (κ2) is 6.19. The number of ether oxygens (including phenoxy) is 1. The van der Waals surface area contributed by atoms with Gasteiger partial charge in [0.05, 0.1) is 6.04 Å². The number of benzene rings is 1. The van der Waals surface area contributed by atoms with Crippen LogP contribution in [-0.4, -0.2) is 28.7 Å². The van der Waals surface area contributed by atoms with Gasteiger partial charge in [-0.2, -0.15) is 0 Å². The molecule has 1 aromatic rings. The molecule has 130 valence electrons. The maximum atomic E-state index is 13.5. The van der Waals surface area contributed by atoms with Crippen LogP contribution in [0.5, 0.6) is 0 Å². The van der Waals surface area contributed by atoms with Crippen LogP contribution in [0, 0.1) is 11.6 Å². The summed E-state index contributed by atoms with van der Waals surface area (Å²) in [6.45, 7) is 5.56. The molecule has 1 fully saturated rings. The third-order valence-corrected chi connectivity index (χ3v) is 4.53. The van der Waals surface area contributed by atoms with Crippen LogP contribution in [-0.2, 0) is 4.74 Å². The molecule has 0 aromatic heterocycles. The molecule has 2 heterocycles. The van der Waals surface area contributed by atoms with Crippen molar-refractivity contribution in [2.75, 3.05) is 0 Å². The van der Waals surface area contributed by atoms with Crippen LogP contribution in [0.25, 0.3) is 5.57 Å². The molecular formula is C19H23F2NO2. The van der Waals surface area contributed by atoms with E-state index in [9.17, 15) is 13.6 Å². The molecule has 0 radical (unpaired) electrons. The van der Waals surface area contributed by atoms with E-state index in [-0.39, 0.29) is 18.2 Å². The number of nitrogens with zero attached hydrogens (tertiary/aromatic N) is 1. The topological polar surface area (TPSA) is 29.5 Å². The van der Waals surface area contributed by atoms with Crippen LogP contribution in [0.3, 0.4) is 0 Å². The first-order valence-corrected chi connectivity index (χ1v) is 8.42. The Bertz CT molecular complexity index is 678. The van der Waals surface area contributed by atoms with Crippen molar-refractivity contribution in [2.24, 2.45) is 0 Å². The zero-order chi connectivity index (χ0) is 17.5. The number of fused-ring (bicyclic) bond motifs is 2. The van der Waals surface area contributed by atoms with Crippen molar-refractivity contribution in [2.45, 2.75) is 64.1 Å². The maximum absolute atomic E-state index is 13.5. The third-order valence-electron chi connectivity index (χ3n) is 4.53. The molecule has 24 heavy (non-hydrogen) atoms. The lowest BCUT2D eigenvalue weighted by atomic mass is 9.83. The molecule has 0 aliphatic carbocycles. The largest absolute Gasteiger partial charge is 0.444 e. The van der Waals surface area contributed by atoms with Crippen molar-refractivity contribution in [3.05, 3.63) is 41.5 Å². The van der Waals surface area contributed by atoms with Crippen LogP contribution in [0.2, 0.25) is 0 Å². The summed E-state index contributed by atoms with van der Waals surface area (Å²) < 4.78 is 32.2. The molecule has 1 saturated heterocycles. The van der Waals surface area contributed by atoms with E-state index in [1.807, 2.05) is 31.7 Å². The van der Waals surface area contributed by atoms with Crippen molar-refractivity contribution in [1.82, 2.24) is 4.90 Å². The average molecular weight is 335 g/mol. The van der Waals surface area contributed by atoms with Gasteiger partial charge in [-0.1, -0.05) is 12.1 Å². The highest BCUT2D eigenvalue weighted by atomic mass is 19.2. The first-order chi connectivity index (χ1) is 11.2. The predicted octanol–water partition coefficient (Wildman–Crippen LogP) is 4.91. The number of amides is 1. The minimum atomic E-state index is -0.842. The van der Waals surface area contributed by atoms with Crippen LogP contribution < -0.4 is 0 Å². The Labute approximate surface area is 141 Å². The fraction of sp³-hybridized carbons (Fsp3) is 0.526. The van der Waals surface area contributed by atoms with Crippen molar-refractivity contribution >= 4 is 11.7 Å². The van der Waals surface area contributed by atoms with Gasteiger partial charge in [-0.25, -0.2) is 13.6 Å². The molecule has 2 atom stereocenters. The summed E-state index contributed by atoms with van der Waals surface area (Å²) in [5, 5.41) is 0. The highest BCUT2D eigenvalue weighted by Gasteiger charge is 2.39. The van der Waals surface area contributed by atoms with E-state index in [1.165, 1.54) is 6.07 Å². The van der Waals surface area contributed by atoms with E-state index in [0.29, 0.717) is 12.0 Å². The standard InChI is InChI=1S/C19H23F2NO2/c1-19(2,3)24-18(23)22-14-5-4-6-15(22)10-13(9-14)12-7-8-16(20)17(21)11-12/h7-9,11,14-15H,4-6,10H2,1-3H3. The normalized spacial score (nSPS) is 23.7. The fourth-order valence-corrected chi connectivity index (χ4v) is 3.54. The highest BCUT2D eigenvalue weighted by Crippen LogP contribution is 2.38. The minimum absolute atomic E-state index is 0.0459. The summed E-state index contributed by atoms with van der Waals surface area (Å²) in [5.41, 5.74) is 1.13. The molecule has 2 bridgehead atoms. The lowest BCUT2D eigenvalue weighted by Gasteiger charge is -2.45. The number of piperidine rings is 1. The summed E-state index contributed by atoms with van der Waals surface area (Å²) >= 11 is 0. The van der Waals surface area contributed by atoms with Gasteiger partial charge >= 0.3 is 6.09 Å². The zero-order valence-corrected chi connectivity index (χ0v) is 14.3. The molecule has 0 spiro atoms. The molecule has 0 N–H and O–H groups in total. The predicted molar refractivity (Wildman–Crippen MR) is 88.5 cm³/mol. The van der Waals surface area contributed by atoms with Gasteiger partial charge in [-0.3, -0.25) is 4.90 Å². The Kier molecular flexibility index (Phi) is 4.37. The second-order valence-corrected chi connectivity index (χ2v) is 7.56. The van der Waals surface area contributed by atoms with E-state index in [0.717, 1.165) is 30.9 Å². The van der Waals surface area contributed by atoms with Gasteiger partial charge in [0, 0.05) is 6.04 Å². The average Bonchev–Trinajstić information content (AvgIpc) is 2.47. The molecule has 2 aliphatic heterocycles. The zero-order valence-electron chi connectivity index (χ0n) is 14.3. The van der Waals surface area contributed by atoms with E-state index in [4.69, 9.17) is 4.74 Å². The monoisotopic (exact) mass is 335 g/mol. The summed E-state index contributed by atoms with van der Waals surface area (Å²) in [5.74, 6) is -1.68.